The number of alkyl halides is 1. The summed E-state index contributed by atoms with van der Waals surface area (Å²) in [5, 5.41) is 25.0. The first kappa shape index (κ1) is 28.4. The number of halogens is 1. The first-order valence-electron chi connectivity index (χ1n) is 13.6. The van der Waals surface area contributed by atoms with Crippen LogP contribution < -0.4 is 15.1 Å². The van der Waals surface area contributed by atoms with Gasteiger partial charge < -0.3 is 25.3 Å². The fourth-order valence-electron chi connectivity index (χ4n) is 5.69. The topological polar surface area (TPSA) is 132 Å². The van der Waals surface area contributed by atoms with Gasteiger partial charge >= 0.3 is 0 Å². The fourth-order valence-corrected chi connectivity index (χ4v) is 6.85. The zero-order valence-electron chi connectivity index (χ0n) is 23.2. The highest BCUT2D eigenvalue weighted by Crippen LogP contribution is 2.39. The van der Waals surface area contributed by atoms with Crippen molar-refractivity contribution in [1.29, 1.82) is 0 Å². The maximum Gasteiger partial charge on any atom is 0.227 e. The molecule has 0 spiro atoms. The molecule has 5 rings (SSSR count). The number of nitrogens with zero attached hydrogens (tertiary/aromatic N) is 5. The molecule has 2 aromatic heterocycles. The van der Waals surface area contributed by atoms with Crippen molar-refractivity contribution in [3.63, 3.8) is 0 Å². The molecule has 0 bridgehead atoms. The van der Waals surface area contributed by atoms with E-state index < -0.39 is 21.6 Å². The molecule has 2 aliphatic rings. The van der Waals surface area contributed by atoms with Crippen molar-refractivity contribution in [2.45, 2.75) is 50.9 Å². The molecule has 0 amide bonds. The van der Waals surface area contributed by atoms with Gasteiger partial charge in [-0.3, -0.25) is 0 Å². The molecular formula is C28H37FN6O4S. The van der Waals surface area contributed by atoms with E-state index in [0.717, 1.165) is 22.0 Å². The average Bonchev–Trinajstić information content (AvgIpc) is 2.91. The maximum absolute atomic E-state index is 14.7. The van der Waals surface area contributed by atoms with Gasteiger partial charge in [0, 0.05) is 67.3 Å². The molecule has 2 saturated heterocycles. The number of hydrogen-bond acceptors (Lipinski definition) is 10. The molecule has 0 aliphatic carbocycles. The molecule has 3 N–H and O–H groups in total. The van der Waals surface area contributed by atoms with Gasteiger partial charge in [0.2, 0.25) is 5.95 Å². The highest BCUT2D eigenvalue weighted by atomic mass is 32.2. The largest absolute Gasteiger partial charge is 0.396 e. The summed E-state index contributed by atoms with van der Waals surface area (Å²) in [5.74, 6) is 1.55. The van der Waals surface area contributed by atoms with Crippen molar-refractivity contribution in [1.82, 2.24) is 15.0 Å². The number of fused-ring (bicyclic) bond motifs is 1. The molecule has 216 valence electrons. The van der Waals surface area contributed by atoms with Gasteiger partial charge in [0.15, 0.2) is 5.67 Å². The summed E-state index contributed by atoms with van der Waals surface area (Å²) in [7, 11) is -3.06. The van der Waals surface area contributed by atoms with Crippen LogP contribution in [0.5, 0.6) is 0 Å². The van der Waals surface area contributed by atoms with Crippen molar-refractivity contribution in [2.24, 2.45) is 5.92 Å². The smallest absolute Gasteiger partial charge is 0.227 e. The number of benzene rings is 1. The van der Waals surface area contributed by atoms with Gasteiger partial charge in [-0.15, -0.1) is 0 Å². The van der Waals surface area contributed by atoms with Crippen LogP contribution in [0.3, 0.4) is 0 Å². The second kappa shape index (κ2) is 10.7. The maximum atomic E-state index is 14.7. The molecule has 5 atom stereocenters. The first-order chi connectivity index (χ1) is 18.9. The van der Waals surface area contributed by atoms with Crippen LogP contribution in [0.1, 0.15) is 38.7 Å². The number of aliphatic hydroxyl groups excluding tert-OH is 2. The van der Waals surface area contributed by atoms with E-state index in [1.807, 2.05) is 32.0 Å². The van der Waals surface area contributed by atoms with Gasteiger partial charge in [-0.2, -0.15) is 4.98 Å². The number of aromatic nitrogens is 3. The molecule has 12 heteroatoms. The Kier molecular flexibility index (Phi) is 7.62. The van der Waals surface area contributed by atoms with Crippen molar-refractivity contribution in [3.8, 4) is 0 Å². The van der Waals surface area contributed by atoms with Crippen molar-refractivity contribution < 1.29 is 23.0 Å². The second-order valence-electron chi connectivity index (χ2n) is 11.5. The molecule has 0 unspecified atom stereocenters. The van der Waals surface area contributed by atoms with Gasteiger partial charge in [-0.25, -0.2) is 22.8 Å². The van der Waals surface area contributed by atoms with Crippen LogP contribution in [0.4, 0.5) is 27.7 Å². The minimum absolute atomic E-state index is 0.00298. The standard InChI is InChI=1S/C28H37FN6O4S/c1-17(14-36)20-5-6-23(35-13-19(18(35)2)15-40(4,38)39)22-12-31-26(11-21(20)22)32-25-7-9-30-27(33-25)34-10-8-24(37)28(3,29)16-34/h5-7,9,11-12,17-19,24,36-37H,8,10,13-16H2,1-4H3,(H,30,31,32,33)/t17-,18-,19-,24+,28-/m0/s1. The van der Waals surface area contributed by atoms with E-state index in [-0.39, 0.29) is 36.8 Å². The number of rotatable bonds is 8. The van der Waals surface area contributed by atoms with Gasteiger partial charge in [-0.1, -0.05) is 13.0 Å². The predicted octanol–water partition coefficient (Wildman–Crippen LogP) is 3.03. The third-order valence-corrected chi connectivity index (χ3v) is 9.23. The third kappa shape index (κ3) is 5.70. The van der Waals surface area contributed by atoms with Crippen LogP contribution >= 0.6 is 0 Å². The molecule has 3 aromatic rings. The Labute approximate surface area is 234 Å². The van der Waals surface area contributed by atoms with Crippen LogP contribution in [-0.4, -0.2) is 89.6 Å². The minimum atomic E-state index is -3.06. The number of pyridine rings is 1. The number of hydrogen-bond donors (Lipinski definition) is 3. The summed E-state index contributed by atoms with van der Waals surface area (Å²) in [6.45, 7) is 6.47. The SMILES string of the molecule is C[C@@H](CO)c1ccc(N2C[C@@H](CS(C)(=O)=O)[C@@H]2C)c2cnc(Nc3ccnc(N4CC[C@@H](O)[C@@](C)(F)C4)n3)cc12. The Morgan fingerprint density at radius 1 is 1.23 bits per heavy atom. The highest BCUT2D eigenvalue weighted by Gasteiger charge is 2.40. The van der Waals surface area contributed by atoms with Crippen molar-refractivity contribution >= 4 is 43.9 Å². The molecule has 2 fully saturated rings. The predicted molar refractivity (Wildman–Crippen MR) is 155 cm³/mol. The lowest BCUT2D eigenvalue weighted by molar-refractivity contribution is -0.00860. The minimum Gasteiger partial charge on any atom is -0.396 e. The zero-order chi connectivity index (χ0) is 28.8. The Morgan fingerprint density at radius 3 is 2.67 bits per heavy atom. The number of aliphatic hydroxyl groups is 2. The average molecular weight is 573 g/mol. The molecule has 40 heavy (non-hydrogen) atoms. The van der Waals surface area contributed by atoms with Crippen LogP contribution in [0, 0.1) is 5.92 Å². The van der Waals surface area contributed by atoms with Crippen molar-refractivity contribution in [3.05, 3.63) is 42.2 Å². The molecule has 2 aliphatic heterocycles. The van der Waals surface area contributed by atoms with E-state index in [9.17, 15) is 23.0 Å². The molecule has 4 heterocycles. The number of piperidine rings is 1. The van der Waals surface area contributed by atoms with Gasteiger partial charge in [0.25, 0.3) is 0 Å². The second-order valence-corrected chi connectivity index (χ2v) is 13.7. The Morgan fingerprint density at radius 2 is 2.00 bits per heavy atom. The van der Waals surface area contributed by atoms with E-state index in [0.29, 0.717) is 37.1 Å². The Hall–Kier alpha value is -3.09. The van der Waals surface area contributed by atoms with Gasteiger partial charge in [0.1, 0.15) is 21.5 Å². The molecule has 0 radical (unpaired) electrons. The van der Waals surface area contributed by atoms with Crippen molar-refractivity contribution in [2.75, 3.05) is 53.4 Å². The summed E-state index contributed by atoms with van der Waals surface area (Å²) < 4.78 is 38.4. The van der Waals surface area contributed by atoms with Crippen LogP contribution in [0.2, 0.25) is 0 Å². The van der Waals surface area contributed by atoms with E-state index in [4.69, 9.17) is 0 Å². The van der Waals surface area contributed by atoms with Crippen LogP contribution in [-0.2, 0) is 9.84 Å². The summed E-state index contributed by atoms with van der Waals surface area (Å²) in [5.41, 5.74) is 0.206. The van der Waals surface area contributed by atoms with Crippen LogP contribution in [0.25, 0.3) is 10.8 Å². The summed E-state index contributed by atoms with van der Waals surface area (Å²) in [4.78, 5) is 17.5. The lowest BCUT2D eigenvalue weighted by Gasteiger charge is -2.48. The van der Waals surface area contributed by atoms with E-state index in [1.165, 1.54) is 13.2 Å². The normalized spacial score (nSPS) is 26.0. The molecule has 0 saturated carbocycles. The Bertz CT molecular complexity index is 1500. The van der Waals surface area contributed by atoms with Gasteiger partial charge in [-0.05, 0) is 49.4 Å². The monoisotopic (exact) mass is 572 g/mol. The lowest BCUT2D eigenvalue weighted by Crippen LogP contribution is -2.57. The quantitative estimate of drug-likeness (QED) is 0.370. The highest BCUT2D eigenvalue weighted by molar-refractivity contribution is 7.90. The van der Waals surface area contributed by atoms with Crippen LogP contribution in [0.15, 0.2) is 36.7 Å². The first-order valence-corrected chi connectivity index (χ1v) is 15.6. The van der Waals surface area contributed by atoms with E-state index >= 15 is 0 Å². The lowest BCUT2D eigenvalue weighted by atomic mass is 9.88. The molecular weight excluding hydrogens is 535 g/mol. The van der Waals surface area contributed by atoms with E-state index in [2.05, 4.69) is 25.2 Å². The fraction of sp³-hybridized carbons (Fsp3) is 0.536. The molecule has 10 nitrogen and oxygen atoms in total. The zero-order valence-corrected chi connectivity index (χ0v) is 24.1. The third-order valence-electron chi connectivity index (χ3n) is 8.20. The molecule has 1 aromatic carbocycles. The summed E-state index contributed by atoms with van der Waals surface area (Å²) >= 11 is 0. The summed E-state index contributed by atoms with van der Waals surface area (Å²) in [6.07, 6.45) is 3.94. The number of anilines is 4. The summed E-state index contributed by atoms with van der Waals surface area (Å²) in [6, 6.07) is 7.74. The number of nitrogens with one attached hydrogen (secondary N) is 1. The van der Waals surface area contributed by atoms with E-state index in [1.54, 1.807) is 23.4 Å². The number of sulfone groups is 1. The Balaban J connectivity index is 1.43. The van der Waals surface area contributed by atoms with Gasteiger partial charge in [0.05, 0.1) is 18.4 Å².